The van der Waals surface area contributed by atoms with E-state index < -0.39 is 15.8 Å². The summed E-state index contributed by atoms with van der Waals surface area (Å²) in [5.74, 6) is -0.567. The second kappa shape index (κ2) is 8.81. The molecule has 1 N–H and O–H groups in total. The van der Waals surface area contributed by atoms with E-state index in [0.29, 0.717) is 44.0 Å². The van der Waals surface area contributed by atoms with Gasteiger partial charge in [0, 0.05) is 44.0 Å². The van der Waals surface area contributed by atoms with E-state index in [2.05, 4.69) is 10.2 Å². The Labute approximate surface area is 165 Å². The second-order valence-electron chi connectivity index (χ2n) is 6.74. The Hall–Kier alpha value is -2.29. The van der Waals surface area contributed by atoms with E-state index in [1.165, 1.54) is 12.1 Å². The van der Waals surface area contributed by atoms with Crippen LogP contribution in [-0.4, -0.2) is 55.5 Å². The third kappa shape index (κ3) is 5.15. The predicted molar refractivity (Wildman–Crippen MR) is 107 cm³/mol. The van der Waals surface area contributed by atoms with Crippen molar-refractivity contribution >= 4 is 21.6 Å². The van der Waals surface area contributed by atoms with Crippen molar-refractivity contribution in [2.24, 2.45) is 0 Å². The molecule has 1 aliphatic heterocycles. The van der Waals surface area contributed by atoms with Crippen molar-refractivity contribution in [2.75, 3.05) is 37.2 Å². The Balaban J connectivity index is 1.54. The molecule has 28 heavy (non-hydrogen) atoms. The number of carbonyl (C=O) groups is 1. The highest BCUT2D eigenvalue weighted by atomic mass is 32.2. The molecular weight excluding hydrogens is 381 g/mol. The first-order valence-corrected chi connectivity index (χ1v) is 10.8. The fraction of sp³-hybridized carbons (Fsp3) is 0.350. The van der Waals surface area contributed by atoms with Gasteiger partial charge >= 0.3 is 0 Å². The predicted octanol–water partition coefficient (Wildman–Crippen LogP) is 2.55. The number of sulfonamides is 1. The van der Waals surface area contributed by atoms with Crippen LogP contribution in [0.5, 0.6) is 0 Å². The van der Waals surface area contributed by atoms with Crippen molar-refractivity contribution in [3.63, 3.8) is 0 Å². The maximum absolute atomic E-state index is 13.2. The molecule has 0 aromatic heterocycles. The molecule has 0 saturated carbocycles. The van der Waals surface area contributed by atoms with Crippen molar-refractivity contribution < 1.29 is 17.6 Å². The van der Waals surface area contributed by atoms with E-state index in [9.17, 15) is 17.6 Å². The second-order valence-corrected chi connectivity index (χ2v) is 8.99. The van der Waals surface area contributed by atoms with Crippen molar-refractivity contribution in [1.82, 2.24) is 9.21 Å². The lowest BCUT2D eigenvalue weighted by atomic mass is 10.1. The number of anilines is 1. The van der Waals surface area contributed by atoms with Gasteiger partial charge in [0.05, 0.1) is 5.75 Å². The third-order valence-electron chi connectivity index (χ3n) is 4.79. The number of halogens is 1. The van der Waals surface area contributed by atoms with Gasteiger partial charge in [-0.2, -0.15) is 4.31 Å². The highest BCUT2D eigenvalue weighted by molar-refractivity contribution is 7.89. The smallest absolute Gasteiger partial charge is 0.255 e. The fourth-order valence-electron chi connectivity index (χ4n) is 3.14. The van der Waals surface area contributed by atoms with E-state index in [1.807, 2.05) is 12.1 Å². The van der Waals surface area contributed by atoms with Gasteiger partial charge in [-0.15, -0.1) is 0 Å². The van der Waals surface area contributed by atoms with Gasteiger partial charge in [-0.3, -0.25) is 9.69 Å². The third-order valence-corrected chi connectivity index (χ3v) is 6.68. The summed E-state index contributed by atoms with van der Waals surface area (Å²) >= 11 is 0. The first-order valence-electron chi connectivity index (χ1n) is 9.23. The standard InChI is InChI=1S/C20H24FN3O3S/c1-2-28(26,27)24-12-10-23(11-13-24)15-16-6-8-17(9-7-16)20(25)22-19-5-3-4-18(21)14-19/h3-9,14H,2,10-13,15H2,1H3,(H,22,25). The van der Waals surface area contributed by atoms with E-state index in [-0.39, 0.29) is 11.7 Å². The number of nitrogens with one attached hydrogen (secondary N) is 1. The molecular formula is C20H24FN3O3S. The molecule has 1 aliphatic rings. The zero-order valence-corrected chi connectivity index (χ0v) is 16.6. The lowest BCUT2D eigenvalue weighted by Gasteiger charge is -2.33. The molecule has 150 valence electrons. The molecule has 1 fully saturated rings. The Morgan fingerprint density at radius 1 is 1.07 bits per heavy atom. The molecule has 1 saturated heterocycles. The van der Waals surface area contributed by atoms with Crippen LogP contribution in [0.4, 0.5) is 10.1 Å². The van der Waals surface area contributed by atoms with Gasteiger partial charge in [-0.1, -0.05) is 18.2 Å². The SMILES string of the molecule is CCS(=O)(=O)N1CCN(Cc2ccc(C(=O)Nc3cccc(F)c3)cc2)CC1. The average molecular weight is 405 g/mol. The van der Waals surface area contributed by atoms with Crippen LogP contribution in [0.2, 0.25) is 0 Å². The van der Waals surface area contributed by atoms with Crippen molar-refractivity contribution in [2.45, 2.75) is 13.5 Å². The molecule has 2 aromatic rings. The van der Waals surface area contributed by atoms with Gasteiger partial charge in [0.25, 0.3) is 5.91 Å². The normalized spacial score (nSPS) is 16.1. The van der Waals surface area contributed by atoms with Gasteiger partial charge in [-0.25, -0.2) is 12.8 Å². The number of hydrogen-bond donors (Lipinski definition) is 1. The minimum absolute atomic E-state index is 0.131. The van der Waals surface area contributed by atoms with Gasteiger partial charge in [0.1, 0.15) is 5.82 Å². The maximum atomic E-state index is 13.2. The first-order chi connectivity index (χ1) is 13.4. The van der Waals surface area contributed by atoms with Crippen LogP contribution >= 0.6 is 0 Å². The van der Waals surface area contributed by atoms with Gasteiger partial charge < -0.3 is 5.32 Å². The Morgan fingerprint density at radius 3 is 2.36 bits per heavy atom. The van der Waals surface area contributed by atoms with Crippen LogP contribution in [0.1, 0.15) is 22.8 Å². The molecule has 0 radical (unpaired) electrons. The summed E-state index contributed by atoms with van der Waals surface area (Å²) in [6, 6.07) is 13.0. The van der Waals surface area contributed by atoms with Crippen LogP contribution in [0.25, 0.3) is 0 Å². The van der Waals surface area contributed by atoms with Crippen LogP contribution < -0.4 is 5.32 Å². The highest BCUT2D eigenvalue weighted by Crippen LogP contribution is 2.14. The number of nitrogens with zero attached hydrogens (tertiary/aromatic N) is 2. The lowest BCUT2D eigenvalue weighted by molar-refractivity contribution is 0.102. The molecule has 6 nitrogen and oxygen atoms in total. The van der Waals surface area contributed by atoms with Gasteiger partial charge in [-0.05, 0) is 42.8 Å². The number of piperazine rings is 1. The monoisotopic (exact) mass is 405 g/mol. The summed E-state index contributed by atoms with van der Waals surface area (Å²) in [6.45, 7) is 4.73. The molecule has 0 atom stereocenters. The summed E-state index contributed by atoms with van der Waals surface area (Å²) in [5.41, 5.74) is 1.95. The number of rotatable bonds is 6. The summed E-state index contributed by atoms with van der Waals surface area (Å²) in [5, 5.41) is 2.67. The zero-order valence-electron chi connectivity index (χ0n) is 15.8. The number of hydrogen-bond acceptors (Lipinski definition) is 4. The molecule has 0 unspecified atom stereocenters. The van der Waals surface area contributed by atoms with Crippen LogP contribution in [0, 0.1) is 5.82 Å². The first kappa shape index (κ1) is 20.4. The Morgan fingerprint density at radius 2 is 1.75 bits per heavy atom. The lowest BCUT2D eigenvalue weighted by Crippen LogP contribution is -2.48. The minimum atomic E-state index is -3.12. The summed E-state index contributed by atoms with van der Waals surface area (Å²) in [4.78, 5) is 14.5. The molecule has 2 aromatic carbocycles. The Kier molecular flexibility index (Phi) is 6.43. The van der Waals surface area contributed by atoms with Crippen LogP contribution in [-0.2, 0) is 16.6 Å². The quantitative estimate of drug-likeness (QED) is 0.802. The summed E-state index contributed by atoms with van der Waals surface area (Å²) in [7, 11) is -3.12. The fourth-order valence-corrected chi connectivity index (χ4v) is 4.22. The molecule has 0 aliphatic carbocycles. The van der Waals surface area contributed by atoms with Crippen molar-refractivity contribution in [3.8, 4) is 0 Å². The van der Waals surface area contributed by atoms with Gasteiger partial charge in [0.2, 0.25) is 10.0 Å². The van der Waals surface area contributed by atoms with Crippen molar-refractivity contribution in [3.05, 3.63) is 65.5 Å². The van der Waals surface area contributed by atoms with Crippen LogP contribution in [0.15, 0.2) is 48.5 Å². The average Bonchev–Trinajstić information content (AvgIpc) is 2.69. The number of carbonyl (C=O) groups excluding carboxylic acids is 1. The Bertz CT molecular complexity index is 924. The highest BCUT2D eigenvalue weighted by Gasteiger charge is 2.25. The molecule has 1 heterocycles. The molecule has 8 heteroatoms. The van der Waals surface area contributed by atoms with Crippen LogP contribution in [0.3, 0.4) is 0 Å². The minimum Gasteiger partial charge on any atom is -0.322 e. The van der Waals surface area contributed by atoms with E-state index >= 15 is 0 Å². The van der Waals surface area contributed by atoms with Crippen molar-refractivity contribution in [1.29, 1.82) is 0 Å². The van der Waals surface area contributed by atoms with E-state index in [4.69, 9.17) is 0 Å². The largest absolute Gasteiger partial charge is 0.322 e. The van der Waals surface area contributed by atoms with E-state index in [0.717, 1.165) is 5.56 Å². The van der Waals surface area contributed by atoms with Gasteiger partial charge in [0.15, 0.2) is 0 Å². The number of amides is 1. The molecule has 0 bridgehead atoms. The number of benzene rings is 2. The molecule has 0 spiro atoms. The summed E-state index contributed by atoms with van der Waals surface area (Å²) in [6.07, 6.45) is 0. The molecule has 3 rings (SSSR count). The van der Waals surface area contributed by atoms with E-state index in [1.54, 1.807) is 35.5 Å². The maximum Gasteiger partial charge on any atom is 0.255 e. The summed E-state index contributed by atoms with van der Waals surface area (Å²) < 4.78 is 38.6. The zero-order chi connectivity index (χ0) is 20.1. The topological polar surface area (TPSA) is 69.7 Å². The molecule has 1 amide bonds.